The van der Waals surface area contributed by atoms with Crippen molar-refractivity contribution >= 4 is 34.8 Å². The summed E-state index contributed by atoms with van der Waals surface area (Å²) in [6, 6.07) is 5.46. The zero-order chi connectivity index (χ0) is 12.3. The zero-order valence-corrected chi connectivity index (χ0v) is 10.8. The van der Waals surface area contributed by atoms with Gasteiger partial charge in [0, 0.05) is 19.0 Å². The molecule has 1 amide bonds. The predicted octanol–water partition coefficient (Wildman–Crippen LogP) is 3.07. The molecule has 1 fully saturated rings. The van der Waals surface area contributed by atoms with Crippen LogP contribution in [-0.4, -0.2) is 18.5 Å². The normalized spacial score (nSPS) is 20.6. The molecule has 0 radical (unpaired) electrons. The van der Waals surface area contributed by atoms with Crippen LogP contribution in [0.25, 0.3) is 0 Å². The van der Waals surface area contributed by atoms with Gasteiger partial charge in [-0.2, -0.15) is 0 Å². The van der Waals surface area contributed by atoms with Crippen LogP contribution in [0.15, 0.2) is 18.2 Å². The number of carbonyl (C=O) groups excluding carboxylic acids is 1. The molecule has 1 atom stereocenters. The first-order valence-electron chi connectivity index (χ1n) is 5.64. The fourth-order valence-corrected chi connectivity index (χ4v) is 2.44. The molecule has 92 valence electrons. The van der Waals surface area contributed by atoms with Gasteiger partial charge in [-0.1, -0.05) is 29.3 Å². The lowest BCUT2D eigenvalue weighted by molar-refractivity contribution is -0.120. The smallest absolute Gasteiger partial charge is 0.222 e. The Kier molecular flexibility index (Phi) is 4.13. The first-order chi connectivity index (χ1) is 8.16. The highest BCUT2D eigenvalue weighted by molar-refractivity contribution is 6.39. The van der Waals surface area contributed by atoms with Gasteiger partial charge in [0.15, 0.2) is 0 Å². The van der Waals surface area contributed by atoms with Gasteiger partial charge in [0.1, 0.15) is 0 Å². The fourth-order valence-electron chi connectivity index (χ4n) is 1.94. The fraction of sp³-hybridized carbons (Fsp3) is 0.417. The van der Waals surface area contributed by atoms with Gasteiger partial charge in [0.2, 0.25) is 5.91 Å². The minimum absolute atomic E-state index is 0.0724. The van der Waals surface area contributed by atoms with E-state index in [0.29, 0.717) is 16.5 Å². The summed E-state index contributed by atoms with van der Waals surface area (Å²) in [6.45, 7) is 0.743. The van der Waals surface area contributed by atoms with Gasteiger partial charge in [0.05, 0.1) is 15.7 Å². The molecule has 2 N–H and O–H groups in total. The van der Waals surface area contributed by atoms with Gasteiger partial charge in [-0.3, -0.25) is 4.79 Å². The third-order valence-corrected chi connectivity index (χ3v) is 3.42. The summed E-state index contributed by atoms with van der Waals surface area (Å²) in [6.07, 6.45) is 2.35. The average Bonchev–Trinajstić information content (AvgIpc) is 2.48. The third-order valence-electron chi connectivity index (χ3n) is 2.79. The summed E-state index contributed by atoms with van der Waals surface area (Å²) in [5.41, 5.74) is 0.718. The molecule has 5 heteroatoms. The Labute approximate surface area is 110 Å². The van der Waals surface area contributed by atoms with E-state index in [2.05, 4.69) is 10.6 Å². The number of benzene rings is 1. The molecule has 2 rings (SSSR count). The third kappa shape index (κ3) is 3.27. The Bertz CT molecular complexity index is 403. The number of carbonyl (C=O) groups is 1. The second-order valence-electron chi connectivity index (χ2n) is 4.13. The van der Waals surface area contributed by atoms with Gasteiger partial charge in [-0.05, 0) is 25.0 Å². The highest BCUT2D eigenvalue weighted by atomic mass is 35.5. The minimum Gasteiger partial charge on any atom is -0.379 e. The Morgan fingerprint density at radius 3 is 2.71 bits per heavy atom. The van der Waals surface area contributed by atoms with Crippen molar-refractivity contribution < 1.29 is 4.79 Å². The Morgan fingerprint density at radius 2 is 2.00 bits per heavy atom. The summed E-state index contributed by atoms with van der Waals surface area (Å²) >= 11 is 12.2. The lowest BCUT2D eigenvalue weighted by Crippen LogP contribution is -2.27. The van der Waals surface area contributed by atoms with E-state index in [4.69, 9.17) is 23.2 Å². The van der Waals surface area contributed by atoms with Crippen molar-refractivity contribution in [2.75, 3.05) is 11.9 Å². The maximum absolute atomic E-state index is 11.4. The van der Waals surface area contributed by atoms with E-state index < -0.39 is 0 Å². The molecule has 1 saturated heterocycles. The van der Waals surface area contributed by atoms with Crippen LogP contribution in [0.4, 0.5) is 5.69 Å². The molecular formula is C12H14Cl2N2O. The van der Waals surface area contributed by atoms with Crippen molar-refractivity contribution in [3.8, 4) is 0 Å². The monoisotopic (exact) mass is 272 g/mol. The molecule has 1 unspecified atom stereocenters. The Hall–Kier alpha value is -0.930. The van der Waals surface area contributed by atoms with Crippen LogP contribution in [0.1, 0.15) is 19.3 Å². The largest absolute Gasteiger partial charge is 0.379 e. The number of anilines is 1. The molecule has 0 bridgehead atoms. The maximum atomic E-state index is 11.4. The van der Waals surface area contributed by atoms with Crippen LogP contribution in [-0.2, 0) is 4.79 Å². The van der Waals surface area contributed by atoms with Crippen molar-refractivity contribution in [2.45, 2.75) is 25.3 Å². The number of hydrogen-bond donors (Lipinski definition) is 2. The molecule has 0 spiro atoms. The molecule has 0 aromatic heterocycles. The van der Waals surface area contributed by atoms with Crippen LogP contribution in [0, 0.1) is 0 Å². The Balaban J connectivity index is 2.11. The second kappa shape index (κ2) is 5.61. The lowest BCUT2D eigenvalue weighted by atomic mass is 10.1. The number of rotatable bonds is 2. The minimum atomic E-state index is 0.0724. The van der Waals surface area contributed by atoms with Crippen molar-refractivity contribution in [3.63, 3.8) is 0 Å². The van der Waals surface area contributed by atoms with Crippen molar-refractivity contribution in [3.05, 3.63) is 28.2 Å². The van der Waals surface area contributed by atoms with Crippen LogP contribution >= 0.6 is 23.2 Å². The maximum Gasteiger partial charge on any atom is 0.222 e. The molecule has 0 aliphatic carbocycles. The quantitative estimate of drug-likeness (QED) is 0.869. The number of nitrogens with one attached hydrogen (secondary N) is 2. The van der Waals surface area contributed by atoms with Crippen LogP contribution in [0.2, 0.25) is 10.0 Å². The highest BCUT2D eigenvalue weighted by Gasteiger charge is 2.18. The second-order valence-corrected chi connectivity index (χ2v) is 4.95. The molecular weight excluding hydrogens is 259 g/mol. The topological polar surface area (TPSA) is 41.1 Å². The van der Waals surface area contributed by atoms with Gasteiger partial charge < -0.3 is 10.6 Å². The van der Waals surface area contributed by atoms with Crippen molar-refractivity contribution in [2.24, 2.45) is 0 Å². The number of amides is 1. The molecule has 1 heterocycles. The van der Waals surface area contributed by atoms with E-state index in [0.717, 1.165) is 25.1 Å². The SMILES string of the molecule is O=C1CC(Nc2c(Cl)cccc2Cl)CCCN1. The van der Waals surface area contributed by atoms with E-state index in [1.165, 1.54) is 0 Å². The van der Waals surface area contributed by atoms with E-state index in [1.807, 2.05) is 0 Å². The van der Waals surface area contributed by atoms with Crippen LogP contribution in [0.5, 0.6) is 0 Å². The lowest BCUT2D eigenvalue weighted by Gasteiger charge is -2.18. The van der Waals surface area contributed by atoms with Crippen LogP contribution in [0.3, 0.4) is 0 Å². The average molecular weight is 273 g/mol. The first kappa shape index (κ1) is 12.5. The van der Waals surface area contributed by atoms with Crippen molar-refractivity contribution in [1.29, 1.82) is 0 Å². The van der Waals surface area contributed by atoms with E-state index >= 15 is 0 Å². The van der Waals surface area contributed by atoms with Gasteiger partial charge in [-0.25, -0.2) is 0 Å². The number of para-hydroxylation sites is 1. The molecule has 3 nitrogen and oxygen atoms in total. The molecule has 1 aliphatic heterocycles. The van der Waals surface area contributed by atoms with E-state index in [9.17, 15) is 4.79 Å². The standard InChI is InChI=1S/C12H14Cl2N2O/c13-9-4-1-5-10(14)12(9)16-8-3-2-6-15-11(17)7-8/h1,4-5,8,16H,2-3,6-7H2,(H,15,17). The van der Waals surface area contributed by atoms with E-state index in [-0.39, 0.29) is 11.9 Å². The number of hydrogen-bond acceptors (Lipinski definition) is 2. The summed E-state index contributed by atoms with van der Waals surface area (Å²) in [5, 5.41) is 7.28. The van der Waals surface area contributed by atoms with Gasteiger partial charge >= 0.3 is 0 Å². The predicted molar refractivity (Wildman–Crippen MR) is 70.7 cm³/mol. The van der Waals surface area contributed by atoms with Gasteiger partial charge in [0.25, 0.3) is 0 Å². The molecule has 17 heavy (non-hydrogen) atoms. The summed E-state index contributed by atoms with van der Waals surface area (Å²) in [4.78, 5) is 11.4. The Morgan fingerprint density at radius 1 is 1.29 bits per heavy atom. The number of halogens is 2. The van der Waals surface area contributed by atoms with Crippen LogP contribution < -0.4 is 10.6 Å². The summed E-state index contributed by atoms with van der Waals surface area (Å²) < 4.78 is 0. The molecule has 1 aromatic rings. The zero-order valence-electron chi connectivity index (χ0n) is 9.30. The highest BCUT2D eigenvalue weighted by Crippen LogP contribution is 2.31. The molecule has 0 saturated carbocycles. The first-order valence-corrected chi connectivity index (χ1v) is 6.39. The summed E-state index contributed by atoms with van der Waals surface area (Å²) in [5.74, 6) is 0.0724. The van der Waals surface area contributed by atoms with E-state index in [1.54, 1.807) is 18.2 Å². The summed E-state index contributed by atoms with van der Waals surface area (Å²) in [7, 11) is 0. The van der Waals surface area contributed by atoms with Crippen molar-refractivity contribution in [1.82, 2.24) is 5.32 Å². The van der Waals surface area contributed by atoms with Gasteiger partial charge in [-0.15, -0.1) is 0 Å². The molecule has 1 aromatic carbocycles. The molecule has 1 aliphatic rings.